The van der Waals surface area contributed by atoms with Gasteiger partial charge in [-0.05, 0) is 73.3 Å². The van der Waals surface area contributed by atoms with Gasteiger partial charge >= 0.3 is 6.09 Å². The van der Waals surface area contributed by atoms with Gasteiger partial charge < -0.3 is 19.1 Å². The Bertz CT molecular complexity index is 869. The molecule has 4 rings (SSSR count). The third-order valence-corrected chi connectivity index (χ3v) is 7.11. The summed E-state index contributed by atoms with van der Waals surface area (Å²) in [5.74, 6) is 1.51. The maximum absolute atomic E-state index is 12.7. The van der Waals surface area contributed by atoms with Gasteiger partial charge in [-0.25, -0.2) is 4.79 Å². The number of piperidine rings is 1. The van der Waals surface area contributed by atoms with E-state index in [-0.39, 0.29) is 29.8 Å². The lowest BCUT2D eigenvalue weighted by Gasteiger charge is -2.54. The number of hydrogen-bond donors (Lipinski definition) is 0. The minimum absolute atomic E-state index is 0.0472. The smallest absolute Gasteiger partial charge is 0.410 e. The highest BCUT2D eigenvalue weighted by Gasteiger charge is 2.53. The molecule has 0 aliphatic carbocycles. The normalized spacial score (nSPS) is 31.5. The summed E-state index contributed by atoms with van der Waals surface area (Å²) in [6.07, 6.45) is 6.08. The van der Waals surface area contributed by atoms with Crippen LogP contribution in [0.4, 0.5) is 4.79 Å². The number of fused-ring (bicyclic) bond motifs is 4. The van der Waals surface area contributed by atoms with Crippen molar-refractivity contribution in [3.8, 4) is 5.75 Å². The second kappa shape index (κ2) is 8.74. The molecule has 3 aliphatic heterocycles. The van der Waals surface area contributed by atoms with Crippen LogP contribution in [-0.2, 0) is 9.47 Å². The van der Waals surface area contributed by atoms with Crippen LogP contribution in [0.15, 0.2) is 35.9 Å². The van der Waals surface area contributed by atoms with E-state index in [1.54, 1.807) is 0 Å². The molecular weight excluding hydrogens is 402 g/mol. The van der Waals surface area contributed by atoms with Crippen molar-refractivity contribution in [3.63, 3.8) is 0 Å². The van der Waals surface area contributed by atoms with Gasteiger partial charge in [-0.3, -0.25) is 0 Å². The van der Waals surface area contributed by atoms with Crippen LogP contribution in [-0.4, -0.2) is 41.4 Å². The first kappa shape index (κ1) is 23.2. The number of carbonyl (C=O) groups is 1. The molecule has 2 saturated heterocycles. The molecule has 2 fully saturated rings. The number of rotatable bonds is 3. The molecule has 1 aromatic carbocycles. The Hall–Kier alpha value is -2.01. The number of ether oxygens (including phenoxy) is 3. The van der Waals surface area contributed by atoms with Gasteiger partial charge in [-0.1, -0.05) is 29.8 Å². The third kappa shape index (κ3) is 4.83. The highest BCUT2D eigenvalue weighted by Crippen LogP contribution is 2.54. The Labute approximate surface area is 193 Å². The standard InChI is InChI=1S/C27H39NO4/c1-18(2)10-9-14-27(6)21-16-19-17-28(25(29)32-26(3,4)5)15-13-22(19)30-24(21)20-11-7-8-12-23(20)31-27/h7-8,10-12,19,21-22,24H,9,13-17H2,1-6H3/t19-,21+,22+,24-,27?/m1/s1. The summed E-state index contributed by atoms with van der Waals surface area (Å²) < 4.78 is 19.1. The Kier molecular flexibility index (Phi) is 6.32. The lowest BCUT2D eigenvalue weighted by atomic mass is 9.68. The van der Waals surface area contributed by atoms with Gasteiger partial charge in [0, 0.05) is 30.5 Å². The molecule has 3 heterocycles. The second-order valence-electron chi connectivity index (χ2n) is 11.2. The van der Waals surface area contributed by atoms with Gasteiger partial charge in [-0.2, -0.15) is 0 Å². The lowest BCUT2D eigenvalue weighted by molar-refractivity contribution is -0.190. The van der Waals surface area contributed by atoms with Crippen molar-refractivity contribution in [3.05, 3.63) is 41.5 Å². The Morgan fingerprint density at radius 2 is 2.03 bits per heavy atom. The monoisotopic (exact) mass is 441 g/mol. The number of likely N-dealkylation sites (tertiary alicyclic amines) is 1. The van der Waals surface area contributed by atoms with Gasteiger partial charge in [-0.15, -0.1) is 0 Å². The Morgan fingerprint density at radius 3 is 2.75 bits per heavy atom. The van der Waals surface area contributed by atoms with E-state index in [0.29, 0.717) is 19.0 Å². The summed E-state index contributed by atoms with van der Waals surface area (Å²) in [4.78, 5) is 14.6. The number of benzene rings is 1. The van der Waals surface area contributed by atoms with Crippen LogP contribution in [0.25, 0.3) is 0 Å². The maximum atomic E-state index is 12.7. The van der Waals surface area contributed by atoms with Crippen molar-refractivity contribution < 1.29 is 19.0 Å². The predicted octanol–water partition coefficient (Wildman–Crippen LogP) is 6.29. The molecule has 0 N–H and O–H groups in total. The molecule has 5 heteroatoms. The number of amides is 1. The molecule has 5 nitrogen and oxygen atoms in total. The maximum Gasteiger partial charge on any atom is 0.410 e. The minimum Gasteiger partial charge on any atom is -0.487 e. The fourth-order valence-electron chi connectivity index (χ4n) is 5.52. The third-order valence-electron chi connectivity index (χ3n) is 7.11. The zero-order valence-corrected chi connectivity index (χ0v) is 20.5. The van der Waals surface area contributed by atoms with Gasteiger partial charge in [0.2, 0.25) is 0 Å². The van der Waals surface area contributed by atoms with Crippen molar-refractivity contribution >= 4 is 6.09 Å². The fraction of sp³-hybridized carbons (Fsp3) is 0.667. The van der Waals surface area contributed by atoms with Crippen LogP contribution in [0, 0.1) is 11.8 Å². The van der Waals surface area contributed by atoms with E-state index in [4.69, 9.17) is 14.2 Å². The van der Waals surface area contributed by atoms with E-state index < -0.39 is 5.60 Å². The summed E-state index contributed by atoms with van der Waals surface area (Å²) in [5, 5.41) is 0. The molecule has 5 atom stereocenters. The first-order valence-electron chi connectivity index (χ1n) is 12.1. The van der Waals surface area contributed by atoms with Crippen molar-refractivity contribution in [1.29, 1.82) is 0 Å². The summed E-state index contributed by atoms with van der Waals surface area (Å²) in [6, 6.07) is 8.34. The predicted molar refractivity (Wildman–Crippen MR) is 126 cm³/mol. The highest BCUT2D eigenvalue weighted by atomic mass is 16.6. The highest BCUT2D eigenvalue weighted by molar-refractivity contribution is 5.68. The molecule has 32 heavy (non-hydrogen) atoms. The Balaban J connectivity index is 1.56. The van der Waals surface area contributed by atoms with E-state index in [9.17, 15) is 4.79 Å². The molecule has 0 spiro atoms. The van der Waals surface area contributed by atoms with Crippen molar-refractivity contribution in [2.45, 2.75) is 90.6 Å². The summed E-state index contributed by atoms with van der Waals surface area (Å²) in [5.41, 5.74) is 1.73. The SMILES string of the molecule is CC(C)=CCCC1(C)Oc2ccccc2[C@H]2O[C@H]3CCN(C(=O)OC(C)(C)C)C[C@H]3C[C@@H]21. The van der Waals surface area contributed by atoms with Crippen molar-refractivity contribution in [1.82, 2.24) is 4.90 Å². The van der Waals surface area contributed by atoms with E-state index in [1.807, 2.05) is 31.7 Å². The molecule has 176 valence electrons. The van der Waals surface area contributed by atoms with Gasteiger partial charge in [0.05, 0.1) is 12.2 Å². The van der Waals surface area contributed by atoms with Crippen LogP contribution in [0.3, 0.4) is 0 Å². The average Bonchev–Trinajstić information content (AvgIpc) is 2.71. The van der Waals surface area contributed by atoms with Crippen molar-refractivity contribution in [2.75, 3.05) is 13.1 Å². The quantitative estimate of drug-likeness (QED) is 0.517. The largest absolute Gasteiger partial charge is 0.487 e. The van der Waals surface area contributed by atoms with Crippen LogP contribution in [0.2, 0.25) is 0 Å². The van der Waals surface area contributed by atoms with E-state index in [0.717, 1.165) is 31.4 Å². The average molecular weight is 442 g/mol. The molecular formula is C27H39NO4. The number of hydrogen-bond acceptors (Lipinski definition) is 4. The van der Waals surface area contributed by atoms with E-state index in [1.165, 1.54) is 11.1 Å². The van der Waals surface area contributed by atoms with Crippen LogP contribution in [0.5, 0.6) is 5.75 Å². The van der Waals surface area contributed by atoms with Gasteiger partial charge in [0.15, 0.2) is 0 Å². The summed E-state index contributed by atoms with van der Waals surface area (Å²) in [7, 11) is 0. The first-order chi connectivity index (χ1) is 15.1. The van der Waals surface area contributed by atoms with Crippen molar-refractivity contribution in [2.24, 2.45) is 11.8 Å². The topological polar surface area (TPSA) is 48.0 Å². The zero-order chi connectivity index (χ0) is 23.1. The number of carbonyl (C=O) groups excluding carboxylic acids is 1. The Morgan fingerprint density at radius 1 is 1.28 bits per heavy atom. The molecule has 0 radical (unpaired) electrons. The summed E-state index contributed by atoms with van der Waals surface area (Å²) >= 11 is 0. The molecule has 1 aromatic rings. The number of para-hydroxylation sites is 1. The van der Waals surface area contributed by atoms with Gasteiger partial charge in [0.25, 0.3) is 0 Å². The summed E-state index contributed by atoms with van der Waals surface area (Å²) in [6.45, 7) is 13.7. The zero-order valence-electron chi connectivity index (χ0n) is 20.5. The van der Waals surface area contributed by atoms with Crippen LogP contribution < -0.4 is 4.74 Å². The van der Waals surface area contributed by atoms with E-state index >= 15 is 0 Å². The molecule has 1 unspecified atom stereocenters. The van der Waals surface area contributed by atoms with E-state index in [2.05, 4.69) is 45.0 Å². The second-order valence-corrected chi connectivity index (χ2v) is 11.2. The molecule has 0 bridgehead atoms. The number of nitrogens with zero attached hydrogens (tertiary/aromatic N) is 1. The first-order valence-corrected chi connectivity index (χ1v) is 12.1. The number of allylic oxidation sites excluding steroid dienone is 2. The van der Waals surface area contributed by atoms with Crippen LogP contribution in [0.1, 0.15) is 78.9 Å². The molecule has 1 amide bonds. The molecule has 0 aromatic heterocycles. The van der Waals surface area contributed by atoms with Crippen LogP contribution >= 0.6 is 0 Å². The molecule has 3 aliphatic rings. The minimum atomic E-state index is -0.480. The molecule has 0 saturated carbocycles. The van der Waals surface area contributed by atoms with Gasteiger partial charge in [0.1, 0.15) is 17.0 Å². The lowest BCUT2D eigenvalue weighted by Crippen LogP contribution is -2.57. The fourth-order valence-corrected chi connectivity index (χ4v) is 5.52.